The zero-order valence-electron chi connectivity index (χ0n) is 22.6. The number of halogens is 1. The van der Waals surface area contributed by atoms with Crippen molar-refractivity contribution in [2.75, 3.05) is 63.1 Å². The lowest BCUT2D eigenvalue weighted by Crippen LogP contribution is -2.48. The van der Waals surface area contributed by atoms with E-state index in [2.05, 4.69) is 19.8 Å². The second kappa shape index (κ2) is 12.3. The summed E-state index contributed by atoms with van der Waals surface area (Å²) < 4.78 is 52.7. The Morgan fingerprint density at radius 2 is 1.71 bits per heavy atom. The largest absolute Gasteiger partial charge is 0.495 e. The summed E-state index contributed by atoms with van der Waals surface area (Å²) in [6.45, 7) is 4.36. The molecule has 1 saturated heterocycles. The molecule has 1 fully saturated rings. The number of piperazine rings is 1. The summed E-state index contributed by atoms with van der Waals surface area (Å²) in [4.78, 5) is 22.0. The molecule has 1 amide bonds. The molecule has 1 aliphatic heterocycles. The average Bonchev–Trinajstić information content (AvgIpc) is 3.43. The van der Waals surface area contributed by atoms with Crippen molar-refractivity contribution in [2.45, 2.75) is 4.90 Å². The van der Waals surface area contributed by atoms with Gasteiger partial charge in [0.2, 0.25) is 0 Å². The Morgan fingerprint density at radius 1 is 1.00 bits per heavy atom. The fourth-order valence-corrected chi connectivity index (χ4v) is 6.73. The number of ether oxygens (including phenoxy) is 2. The van der Waals surface area contributed by atoms with Crippen LogP contribution in [-0.4, -0.2) is 77.7 Å². The Hall–Kier alpha value is -3.94. The highest BCUT2D eigenvalue weighted by Crippen LogP contribution is 2.40. The number of carbonyl (C=O) groups is 1. The number of amides is 1. The number of hydrogen-bond acceptors (Lipinski definition) is 9. The Morgan fingerprint density at radius 3 is 2.41 bits per heavy atom. The number of fused-ring (bicyclic) bond motifs is 1. The molecule has 13 heteroatoms. The maximum atomic E-state index is 13.2. The van der Waals surface area contributed by atoms with E-state index in [0.29, 0.717) is 24.4 Å². The summed E-state index contributed by atoms with van der Waals surface area (Å²) in [6.07, 6.45) is 0. The number of anilines is 2. The molecule has 0 saturated carbocycles. The van der Waals surface area contributed by atoms with Gasteiger partial charge in [0.15, 0.2) is 5.13 Å². The van der Waals surface area contributed by atoms with Crippen molar-refractivity contribution in [2.24, 2.45) is 0 Å². The number of thiazole rings is 1. The molecule has 0 aliphatic carbocycles. The van der Waals surface area contributed by atoms with Crippen LogP contribution in [0.15, 0.2) is 65.6 Å². The van der Waals surface area contributed by atoms with Crippen molar-refractivity contribution >= 4 is 48.3 Å². The molecule has 0 radical (unpaired) electrons. The Bertz CT molecular complexity index is 1600. The maximum absolute atomic E-state index is 13.2. The zero-order chi connectivity index (χ0) is 29.0. The van der Waals surface area contributed by atoms with Crippen molar-refractivity contribution < 1.29 is 27.1 Å². The van der Waals surface area contributed by atoms with E-state index in [1.165, 1.54) is 18.2 Å². The molecule has 41 heavy (non-hydrogen) atoms. The van der Waals surface area contributed by atoms with Gasteiger partial charge in [-0.05, 0) is 54.6 Å². The molecule has 216 valence electrons. The minimum Gasteiger partial charge on any atom is -0.495 e. The SMILES string of the molecule is COc1ccc(OC)c2sc(N3CCN(CCNC(=O)c4cccc(NS(=O)(=O)c5ccc(F)cc5)c4)CC3)nc12. The number of rotatable bonds is 10. The monoisotopic (exact) mass is 599 g/mol. The normalized spacial score (nSPS) is 14.2. The molecular weight excluding hydrogens is 569 g/mol. The molecule has 4 aromatic rings. The summed E-state index contributed by atoms with van der Waals surface area (Å²) in [5, 5.41) is 3.83. The molecule has 2 heterocycles. The highest BCUT2D eigenvalue weighted by Gasteiger charge is 2.22. The van der Waals surface area contributed by atoms with E-state index in [0.717, 1.165) is 59.4 Å². The van der Waals surface area contributed by atoms with Gasteiger partial charge in [-0.15, -0.1) is 0 Å². The van der Waals surface area contributed by atoms with Crippen LogP contribution in [0.4, 0.5) is 15.2 Å². The molecule has 2 N–H and O–H groups in total. The lowest BCUT2D eigenvalue weighted by molar-refractivity contribution is 0.0947. The third-order valence-electron chi connectivity index (χ3n) is 6.76. The van der Waals surface area contributed by atoms with Crippen LogP contribution in [0.5, 0.6) is 11.5 Å². The van der Waals surface area contributed by atoms with Crippen molar-refractivity contribution in [1.29, 1.82) is 0 Å². The first-order valence-electron chi connectivity index (χ1n) is 12.9. The number of carbonyl (C=O) groups excluding carboxylic acids is 1. The summed E-state index contributed by atoms with van der Waals surface area (Å²) in [6, 6.07) is 14.5. The molecule has 3 aromatic carbocycles. The molecule has 1 aliphatic rings. The lowest BCUT2D eigenvalue weighted by atomic mass is 10.2. The van der Waals surface area contributed by atoms with Gasteiger partial charge in [0, 0.05) is 50.5 Å². The Labute approximate surface area is 241 Å². The van der Waals surface area contributed by atoms with Crippen molar-refractivity contribution in [1.82, 2.24) is 15.2 Å². The van der Waals surface area contributed by atoms with Crippen LogP contribution in [0.3, 0.4) is 0 Å². The van der Waals surface area contributed by atoms with E-state index in [4.69, 9.17) is 14.5 Å². The third kappa shape index (κ3) is 6.53. The second-order valence-electron chi connectivity index (χ2n) is 9.37. The predicted octanol–water partition coefficient (Wildman–Crippen LogP) is 3.81. The molecular formula is C28H30FN5O5S2. The standard InChI is InChI=1S/C28H30FN5O5S2/c1-38-23-10-11-24(39-2)26-25(23)31-28(40-26)34-16-14-33(15-17-34)13-12-30-27(35)19-4-3-5-21(18-19)32-41(36,37)22-8-6-20(29)7-9-22/h3-11,18,32H,12-17H2,1-2H3,(H,30,35). The topological polar surface area (TPSA) is 113 Å². The van der Waals surface area contributed by atoms with Gasteiger partial charge in [-0.25, -0.2) is 17.8 Å². The van der Waals surface area contributed by atoms with Gasteiger partial charge in [-0.2, -0.15) is 0 Å². The fraction of sp³-hybridized carbons (Fsp3) is 0.286. The van der Waals surface area contributed by atoms with Gasteiger partial charge in [0.25, 0.3) is 15.9 Å². The quantitative estimate of drug-likeness (QED) is 0.283. The van der Waals surface area contributed by atoms with Gasteiger partial charge in [-0.1, -0.05) is 17.4 Å². The van der Waals surface area contributed by atoms with Crippen LogP contribution in [-0.2, 0) is 10.0 Å². The predicted molar refractivity (Wildman–Crippen MR) is 157 cm³/mol. The summed E-state index contributed by atoms with van der Waals surface area (Å²) >= 11 is 1.59. The van der Waals surface area contributed by atoms with Crippen molar-refractivity contribution in [3.05, 3.63) is 72.0 Å². The van der Waals surface area contributed by atoms with Gasteiger partial charge in [-0.3, -0.25) is 14.4 Å². The molecule has 5 rings (SSSR count). The first kappa shape index (κ1) is 28.6. The van der Waals surface area contributed by atoms with E-state index >= 15 is 0 Å². The van der Waals surface area contributed by atoms with Crippen LogP contribution < -0.4 is 24.4 Å². The molecule has 1 aromatic heterocycles. The molecule has 0 spiro atoms. The smallest absolute Gasteiger partial charge is 0.261 e. The molecule has 0 atom stereocenters. The minimum atomic E-state index is -3.92. The second-order valence-corrected chi connectivity index (χ2v) is 12.0. The number of hydrogen-bond donors (Lipinski definition) is 2. The Balaban J connectivity index is 1.12. The summed E-state index contributed by atoms with van der Waals surface area (Å²) in [7, 11) is -0.643. The maximum Gasteiger partial charge on any atom is 0.261 e. The fourth-order valence-electron chi connectivity index (χ4n) is 4.55. The van der Waals surface area contributed by atoms with E-state index in [-0.39, 0.29) is 16.5 Å². The van der Waals surface area contributed by atoms with Gasteiger partial charge in [0.05, 0.1) is 19.1 Å². The first-order chi connectivity index (χ1) is 19.8. The van der Waals surface area contributed by atoms with Crippen LogP contribution in [0, 0.1) is 5.82 Å². The van der Waals surface area contributed by atoms with E-state index in [9.17, 15) is 17.6 Å². The third-order valence-corrected chi connectivity index (χ3v) is 9.28. The minimum absolute atomic E-state index is 0.0727. The van der Waals surface area contributed by atoms with Gasteiger partial charge in [0.1, 0.15) is 27.5 Å². The van der Waals surface area contributed by atoms with Crippen LogP contribution >= 0.6 is 11.3 Å². The van der Waals surface area contributed by atoms with Crippen LogP contribution in [0.1, 0.15) is 10.4 Å². The van der Waals surface area contributed by atoms with Crippen molar-refractivity contribution in [3.63, 3.8) is 0 Å². The van der Waals surface area contributed by atoms with Gasteiger partial charge < -0.3 is 19.7 Å². The van der Waals surface area contributed by atoms with E-state index in [1.54, 1.807) is 43.8 Å². The summed E-state index contributed by atoms with van der Waals surface area (Å²) in [5.41, 5.74) is 1.36. The van der Waals surface area contributed by atoms with E-state index in [1.807, 2.05) is 12.1 Å². The zero-order valence-corrected chi connectivity index (χ0v) is 24.2. The molecule has 10 nitrogen and oxygen atoms in total. The molecule has 0 bridgehead atoms. The number of benzene rings is 3. The number of aromatic nitrogens is 1. The molecule has 0 unspecified atom stereocenters. The first-order valence-corrected chi connectivity index (χ1v) is 15.2. The number of nitrogens with zero attached hydrogens (tertiary/aromatic N) is 3. The van der Waals surface area contributed by atoms with Crippen molar-refractivity contribution in [3.8, 4) is 11.5 Å². The Kier molecular flexibility index (Phi) is 8.57. The highest BCUT2D eigenvalue weighted by atomic mass is 32.2. The lowest BCUT2D eigenvalue weighted by Gasteiger charge is -2.34. The highest BCUT2D eigenvalue weighted by molar-refractivity contribution is 7.92. The summed E-state index contributed by atoms with van der Waals surface area (Å²) in [5.74, 6) is 0.659. The average molecular weight is 600 g/mol. The number of methoxy groups -OCH3 is 2. The van der Waals surface area contributed by atoms with E-state index < -0.39 is 15.8 Å². The number of sulfonamides is 1. The van der Waals surface area contributed by atoms with Crippen LogP contribution in [0.25, 0.3) is 10.2 Å². The van der Waals surface area contributed by atoms with Crippen LogP contribution in [0.2, 0.25) is 0 Å². The number of nitrogens with one attached hydrogen (secondary N) is 2. The van der Waals surface area contributed by atoms with Gasteiger partial charge >= 0.3 is 0 Å².